The number of fused-ring (bicyclic) bond motifs is 1. The van der Waals surface area contributed by atoms with Gasteiger partial charge in [0, 0.05) is 15.6 Å². The lowest BCUT2D eigenvalue weighted by atomic mass is 10.0. The lowest BCUT2D eigenvalue weighted by Crippen LogP contribution is -2.17. The van der Waals surface area contributed by atoms with Crippen LogP contribution in [0.2, 0.25) is 0 Å². The van der Waals surface area contributed by atoms with Gasteiger partial charge in [-0.1, -0.05) is 70.0 Å². The predicted octanol–water partition coefficient (Wildman–Crippen LogP) is 5.89. The number of esters is 1. The highest BCUT2D eigenvalue weighted by atomic mass is 79.9. The summed E-state index contributed by atoms with van der Waals surface area (Å²) >= 11 is 3.35. The number of hydrogen-bond donors (Lipinski definition) is 1. The zero-order chi connectivity index (χ0) is 22.5. The topological polar surface area (TPSA) is 67.8 Å². The van der Waals surface area contributed by atoms with Crippen LogP contribution < -0.4 is 10.2 Å². The van der Waals surface area contributed by atoms with E-state index in [0.29, 0.717) is 22.4 Å². The average molecular weight is 487 g/mol. The van der Waals surface area contributed by atoms with Crippen molar-refractivity contribution in [1.82, 2.24) is 5.43 Å². The molecule has 4 aromatic carbocycles. The van der Waals surface area contributed by atoms with E-state index < -0.39 is 5.97 Å². The Kier molecular flexibility index (Phi) is 6.42. The number of amides is 1. The zero-order valence-corrected chi connectivity index (χ0v) is 18.8. The van der Waals surface area contributed by atoms with Gasteiger partial charge in [-0.05, 0) is 54.1 Å². The Morgan fingerprint density at radius 2 is 1.69 bits per heavy atom. The molecule has 0 bridgehead atoms. The van der Waals surface area contributed by atoms with Gasteiger partial charge in [0.25, 0.3) is 5.91 Å². The van der Waals surface area contributed by atoms with Crippen molar-refractivity contribution in [2.45, 2.75) is 6.92 Å². The molecule has 0 saturated heterocycles. The van der Waals surface area contributed by atoms with Crippen molar-refractivity contribution in [3.63, 3.8) is 0 Å². The number of hydrogen-bond acceptors (Lipinski definition) is 4. The summed E-state index contributed by atoms with van der Waals surface area (Å²) in [6, 6.07) is 25.5. The van der Waals surface area contributed by atoms with E-state index in [2.05, 4.69) is 26.5 Å². The molecule has 0 spiro atoms. The quantitative estimate of drug-likeness (QED) is 0.165. The number of rotatable bonds is 5. The number of carbonyl (C=O) groups excluding carboxylic acids is 2. The van der Waals surface area contributed by atoms with Gasteiger partial charge < -0.3 is 4.74 Å². The summed E-state index contributed by atoms with van der Waals surface area (Å²) in [7, 11) is 0. The molecule has 4 rings (SSSR count). The maximum atomic E-state index is 12.7. The molecule has 0 aliphatic rings. The largest absolute Gasteiger partial charge is 0.422 e. The van der Waals surface area contributed by atoms with Crippen LogP contribution in [0.25, 0.3) is 10.8 Å². The van der Waals surface area contributed by atoms with Crippen molar-refractivity contribution in [3.05, 3.63) is 112 Å². The van der Waals surface area contributed by atoms with Crippen LogP contribution in [0.4, 0.5) is 0 Å². The van der Waals surface area contributed by atoms with Gasteiger partial charge in [-0.3, -0.25) is 4.79 Å². The minimum Gasteiger partial charge on any atom is -0.422 e. The second-order valence-corrected chi connectivity index (χ2v) is 8.08. The summed E-state index contributed by atoms with van der Waals surface area (Å²) in [4.78, 5) is 25.1. The van der Waals surface area contributed by atoms with Crippen LogP contribution >= 0.6 is 15.9 Å². The summed E-state index contributed by atoms with van der Waals surface area (Å²) < 4.78 is 6.49. The highest BCUT2D eigenvalue weighted by Gasteiger charge is 2.14. The van der Waals surface area contributed by atoms with Crippen LogP contribution in [0.3, 0.4) is 0 Å². The van der Waals surface area contributed by atoms with E-state index in [9.17, 15) is 9.59 Å². The smallest absolute Gasteiger partial charge is 0.343 e. The van der Waals surface area contributed by atoms with Gasteiger partial charge in [0.1, 0.15) is 5.75 Å². The van der Waals surface area contributed by atoms with Crippen LogP contribution in [-0.2, 0) is 0 Å². The van der Waals surface area contributed by atoms with Crippen molar-refractivity contribution < 1.29 is 14.3 Å². The van der Waals surface area contributed by atoms with Crippen molar-refractivity contribution in [2.24, 2.45) is 5.10 Å². The van der Waals surface area contributed by atoms with Gasteiger partial charge in [-0.15, -0.1) is 0 Å². The molecule has 32 heavy (non-hydrogen) atoms. The molecule has 158 valence electrons. The van der Waals surface area contributed by atoms with E-state index in [4.69, 9.17) is 4.74 Å². The molecule has 0 radical (unpaired) electrons. The second-order valence-electron chi connectivity index (χ2n) is 7.16. The molecule has 0 atom stereocenters. The van der Waals surface area contributed by atoms with E-state index in [1.807, 2.05) is 55.5 Å². The van der Waals surface area contributed by atoms with Crippen LogP contribution in [0.15, 0.2) is 94.5 Å². The molecule has 0 saturated carbocycles. The zero-order valence-electron chi connectivity index (χ0n) is 17.2. The Hall–Kier alpha value is -3.77. The van der Waals surface area contributed by atoms with Gasteiger partial charge >= 0.3 is 5.97 Å². The first-order valence-electron chi connectivity index (χ1n) is 9.91. The molecule has 1 N–H and O–H groups in total. The van der Waals surface area contributed by atoms with Gasteiger partial charge in [0.15, 0.2) is 0 Å². The predicted molar refractivity (Wildman–Crippen MR) is 129 cm³/mol. The molecule has 0 unspecified atom stereocenters. The summed E-state index contributed by atoms with van der Waals surface area (Å²) in [6.45, 7) is 1.95. The van der Waals surface area contributed by atoms with Crippen LogP contribution in [0, 0.1) is 6.92 Å². The minimum atomic E-state index is -0.465. The Bertz CT molecular complexity index is 1330. The van der Waals surface area contributed by atoms with Crippen LogP contribution in [0.1, 0.15) is 31.8 Å². The summed E-state index contributed by atoms with van der Waals surface area (Å²) in [5.74, 6) is -0.455. The molecule has 1 amide bonds. The molecule has 0 fully saturated rings. The third kappa shape index (κ3) is 4.92. The highest BCUT2D eigenvalue weighted by Crippen LogP contribution is 2.27. The number of halogens is 1. The van der Waals surface area contributed by atoms with Gasteiger partial charge in [0.05, 0.1) is 11.8 Å². The first-order valence-corrected chi connectivity index (χ1v) is 10.7. The Labute approximate surface area is 193 Å². The molecule has 0 heterocycles. The maximum absolute atomic E-state index is 12.7. The molecular formula is C26H19BrN2O3. The van der Waals surface area contributed by atoms with Crippen molar-refractivity contribution in [3.8, 4) is 5.75 Å². The van der Waals surface area contributed by atoms with E-state index >= 15 is 0 Å². The first kappa shape index (κ1) is 21.5. The first-order chi connectivity index (χ1) is 15.5. The fourth-order valence-electron chi connectivity index (χ4n) is 3.20. The van der Waals surface area contributed by atoms with Gasteiger partial charge in [-0.2, -0.15) is 5.10 Å². The number of aryl methyl sites for hydroxylation is 1. The lowest BCUT2D eigenvalue weighted by Gasteiger charge is -2.11. The van der Waals surface area contributed by atoms with Gasteiger partial charge in [0.2, 0.25) is 0 Å². The highest BCUT2D eigenvalue weighted by molar-refractivity contribution is 9.10. The van der Waals surface area contributed by atoms with Gasteiger partial charge in [-0.25, -0.2) is 10.2 Å². The standard InChI is InChI=1S/C26H19BrN2O3/c1-17-9-11-19(12-10-17)26(31)32-24-14-13-18-5-2-3-8-22(18)23(24)16-28-29-25(30)20-6-4-7-21(27)15-20/h2-16H,1H3,(H,29,30)/b28-16-. The van der Waals surface area contributed by atoms with E-state index in [0.717, 1.165) is 20.8 Å². The monoisotopic (exact) mass is 486 g/mol. The third-order valence-corrected chi connectivity index (χ3v) is 5.36. The second kappa shape index (κ2) is 9.58. The Morgan fingerprint density at radius 3 is 2.47 bits per heavy atom. The summed E-state index contributed by atoms with van der Waals surface area (Å²) in [5.41, 5.74) is 5.11. The fourth-order valence-corrected chi connectivity index (χ4v) is 3.60. The number of nitrogens with one attached hydrogen (secondary N) is 1. The van der Waals surface area contributed by atoms with Crippen LogP contribution in [-0.4, -0.2) is 18.1 Å². The molecule has 0 aliphatic carbocycles. The Balaban J connectivity index is 1.62. The Morgan fingerprint density at radius 1 is 0.906 bits per heavy atom. The SMILES string of the molecule is Cc1ccc(C(=O)Oc2ccc3ccccc3c2/C=N\NC(=O)c2cccc(Br)c2)cc1. The normalized spacial score (nSPS) is 10.9. The molecule has 4 aromatic rings. The molecule has 5 nitrogen and oxygen atoms in total. The fraction of sp³-hybridized carbons (Fsp3) is 0.0385. The third-order valence-electron chi connectivity index (χ3n) is 4.87. The number of benzene rings is 4. The van der Waals surface area contributed by atoms with Crippen molar-refractivity contribution in [1.29, 1.82) is 0 Å². The van der Waals surface area contributed by atoms with E-state index in [1.165, 1.54) is 6.21 Å². The molecule has 6 heteroatoms. The van der Waals surface area contributed by atoms with E-state index in [-0.39, 0.29) is 5.91 Å². The number of nitrogens with zero attached hydrogens (tertiary/aromatic N) is 1. The van der Waals surface area contributed by atoms with Crippen molar-refractivity contribution >= 4 is 44.8 Å². The molecule has 0 aromatic heterocycles. The van der Waals surface area contributed by atoms with Crippen LogP contribution in [0.5, 0.6) is 5.75 Å². The average Bonchev–Trinajstić information content (AvgIpc) is 2.80. The summed E-state index contributed by atoms with van der Waals surface area (Å²) in [6.07, 6.45) is 1.50. The summed E-state index contributed by atoms with van der Waals surface area (Å²) in [5, 5.41) is 5.93. The lowest BCUT2D eigenvalue weighted by molar-refractivity contribution is 0.0734. The van der Waals surface area contributed by atoms with E-state index in [1.54, 1.807) is 36.4 Å². The maximum Gasteiger partial charge on any atom is 0.343 e. The van der Waals surface area contributed by atoms with Crippen molar-refractivity contribution in [2.75, 3.05) is 0 Å². The molecular weight excluding hydrogens is 468 g/mol. The number of hydrazone groups is 1. The number of ether oxygens (including phenoxy) is 1. The molecule has 0 aliphatic heterocycles. The minimum absolute atomic E-state index is 0.346. The number of carbonyl (C=O) groups is 2.